The highest BCUT2D eigenvalue weighted by Gasteiger charge is 2.35. The number of aromatic carboxylic acids is 1. The molecule has 0 radical (unpaired) electrons. The molecule has 0 aliphatic carbocycles. The Bertz CT molecular complexity index is 1760. The highest BCUT2D eigenvalue weighted by Crippen LogP contribution is 2.37. The van der Waals surface area contributed by atoms with Gasteiger partial charge in [0.1, 0.15) is 23.0 Å². The highest BCUT2D eigenvalue weighted by atomic mass is 35.5. The van der Waals surface area contributed by atoms with Gasteiger partial charge in [0.2, 0.25) is 11.3 Å². The quantitative estimate of drug-likeness (QED) is 0.286. The van der Waals surface area contributed by atoms with Crippen molar-refractivity contribution in [3.63, 3.8) is 0 Å². The smallest absolute Gasteiger partial charge is 0.341 e. The van der Waals surface area contributed by atoms with Gasteiger partial charge < -0.3 is 33.8 Å². The first-order chi connectivity index (χ1) is 21.1. The average Bonchev–Trinajstić information content (AvgIpc) is 3.39. The van der Waals surface area contributed by atoms with Crippen molar-refractivity contribution in [3.8, 4) is 11.6 Å². The Morgan fingerprint density at radius 1 is 1.11 bits per heavy atom. The molecular formula is C31H32Cl2N6O5. The van der Waals surface area contributed by atoms with Crippen LogP contribution in [0.3, 0.4) is 0 Å². The van der Waals surface area contributed by atoms with Gasteiger partial charge in [0, 0.05) is 50.6 Å². The number of carboxylic acids is 1. The van der Waals surface area contributed by atoms with Crippen LogP contribution in [0.5, 0.6) is 5.88 Å². The normalized spacial score (nSPS) is 18.7. The van der Waals surface area contributed by atoms with E-state index >= 15 is 0 Å². The number of hydrogen-bond acceptors (Lipinski definition) is 9. The van der Waals surface area contributed by atoms with Gasteiger partial charge in [-0.1, -0.05) is 23.2 Å². The van der Waals surface area contributed by atoms with E-state index in [0.29, 0.717) is 51.8 Å². The lowest BCUT2D eigenvalue weighted by Crippen LogP contribution is -2.57. The maximum Gasteiger partial charge on any atom is 0.341 e. The molecule has 1 unspecified atom stereocenters. The van der Waals surface area contributed by atoms with Gasteiger partial charge in [-0.25, -0.2) is 14.8 Å². The van der Waals surface area contributed by atoms with Crippen molar-refractivity contribution < 1.29 is 19.4 Å². The van der Waals surface area contributed by atoms with Crippen LogP contribution in [0.1, 0.15) is 16.8 Å². The first kappa shape index (κ1) is 30.1. The van der Waals surface area contributed by atoms with Gasteiger partial charge >= 0.3 is 5.97 Å². The number of carboxylic acid groups (broad SMARTS) is 1. The van der Waals surface area contributed by atoms with Gasteiger partial charge in [-0.05, 0) is 56.9 Å². The molecule has 0 saturated carbocycles. The number of fused-ring (bicyclic) bond motifs is 1. The van der Waals surface area contributed by atoms with Crippen molar-refractivity contribution in [3.05, 3.63) is 80.8 Å². The molecule has 0 amide bonds. The number of rotatable bonds is 9. The standard InChI is InChI=1S/C31H32Cl2N6O5/c1-36(2)20-13-37(14-20)28-7-6-18(12-35-28)39-16-23(31(41)42)29(40)22-10-25(33)27(11-26(22)39)38-15-21(43-3)9-19(38)17-44-30-24(32)5-4-8-34-30/h4-8,10-12,16,19-21H,9,13-15,17H2,1-3H3,(H,41,42)/t19-,21?/m1/s1. The second-order valence-corrected chi connectivity index (χ2v) is 12.1. The number of hydrogen-bond donors (Lipinski definition) is 1. The van der Waals surface area contributed by atoms with Crippen molar-refractivity contribution in [1.29, 1.82) is 0 Å². The molecule has 230 valence electrons. The number of carbonyl (C=O) groups is 1. The summed E-state index contributed by atoms with van der Waals surface area (Å²) in [7, 11) is 5.78. The van der Waals surface area contributed by atoms with Crippen molar-refractivity contribution in [2.75, 3.05) is 57.2 Å². The van der Waals surface area contributed by atoms with E-state index in [4.69, 9.17) is 32.7 Å². The summed E-state index contributed by atoms with van der Waals surface area (Å²) >= 11 is 13.1. The van der Waals surface area contributed by atoms with Crippen LogP contribution in [0.25, 0.3) is 16.6 Å². The summed E-state index contributed by atoms with van der Waals surface area (Å²) in [4.78, 5) is 40.7. The average molecular weight is 640 g/mol. The summed E-state index contributed by atoms with van der Waals surface area (Å²) < 4.78 is 13.4. The third-order valence-corrected chi connectivity index (χ3v) is 8.98. The number of aromatic nitrogens is 3. The van der Waals surface area contributed by atoms with Gasteiger partial charge in [0.25, 0.3) is 0 Å². The van der Waals surface area contributed by atoms with Gasteiger partial charge in [-0.3, -0.25) is 4.79 Å². The van der Waals surface area contributed by atoms with Crippen LogP contribution in [0.2, 0.25) is 10.0 Å². The molecule has 1 N–H and O–H groups in total. The summed E-state index contributed by atoms with van der Waals surface area (Å²) in [5.41, 5.74) is 0.800. The molecule has 6 rings (SSSR count). The van der Waals surface area contributed by atoms with E-state index < -0.39 is 11.4 Å². The molecule has 44 heavy (non-hydrogen) atoms. The van der Waals surface area contributed by atoms with Gasteiger partial charge in [0.05, 0.1) is 40.3 Å². The fraction of sp³-hybridized carbons (Fsp3) is 0.355. The molecule has 1 aromatic carbocycles. The fourth-order valence-electron chi connectivity index (χ4n) is 5.75. The molecule has 2 aliphatic heterocycles. The minimum atomic E-state index is -1.32. The number of pyridine rings is 3. The molecule has 5 heterocycles. The van der Waals surface area contributed by atoms with E-state index in [0.717, 1.165) is 18.9 Å². The van der Waals surface area contributed by atoms with Crippen LogP contribution >= 0.6 is 23.2 Å². The molecule has 3 aromatic heterocycles. The van der Waals surface area contributed by atoms with Crippen molar-refractivity contribution in [1.82, 2.24) is 19.4 Å². The number of benzene rings is 1. The molecule has 13 heteroatoms. The predicted octanol–water partition coefficient (Wildman–Crippen LogP) is 4.21. The second-order valence-electron chi connectivity index (χ2n) is 11.3. The number of ether oxygens (including phenoxy) is 2. The van der Waals surface area contributed by atoms with Crippen LogP contribution in [-0.4, -0.2) is 96.1 Å². The summed E-state index contributed by atoms with van der Waals surface area (Å²) in [6.07, 6.45) is 5.22. The van der Waals surface area contributed by atoms with Crippen molar-refractivity contribution in [2.24, 2.45) is 0 Å². The Balaban J connectivity index is 1.39. The van der Waals surface area contributed by atoms with Gasteiger partial charge in [-0.2, -0.15) is 0 Å². The van der Waals surface area contributed by atoms with Crippen molar-refractivity contribution >= 4 is 51.6 Å². The van der Waals surface area contributed by atoms with E-state index in [-0.39, 0.29) is 29.7 Å². The molecule has 0 bridgehead atoms. The number of halogens is 2. The third kappa shape index (κ3) is 5.68. The maximum absolute atomic E-state index is 13.3. The minimum absolute atomic E-state index is 0.0866. The molecular weight excluding hydrogens is 607 g/mol. The second kappa shape index (κ2) is 12.2. The highest BCUT2D eigenvalue weighted by molar-refractivity contribution is 6.34. The number of likely N-dealkylation sites (N-methyl/N-ethyl adjacent to an activating group) is 1. The zero-order chi connectivity index (χ0) is 31.1. The number of nitrogens with zero attached hydrogens (tertiary/aromatic N) is 6. The van der Waals surface area contributed by atoms with Crippen molar-refractivity contribution in [2.45, 2.75) is 24.6 Å². The lowest BCUT2D eigenvalue weighted by molar-refractivity contribution is 0.0695. The Morgan fingerprint density at radius 2 is 1.91 bits per heavy atom. The van der Waals surface area contributed by atoms with Crippen LogP contribution in [-0.2, 0) is 4.74 Å². The zero-order valence-corrected chi connectivity index (χ0v) is 26.0. The van der Waals surface area contributed by atoms with E-state index in [2.05, 4.69) is 38.8 Å². The van der Waals surface area contributed by atoms with Gasteiger partial charge in [-0.15, -0.1) is 0 Å². The maximum atomic E-state index is 13.3. The third-order valence-electron chi connectivity index (χ3n) is 8.39. The first-order valence-electron chi connectivity index (χ1n) is 14.2. The zero-order valence-electron chi connectivity index (χ0n) is 24.5. The monoisotopic (exact) mass is 638 g/mol. The Labute approximate surface area is 264 Å². The summed E-state index contributed by atoms with van der Waals surface area (Å²) in [5, 5.41) is 10.8. The Hall–Kier alpha value is -3.90. The number of methoxy groups -OCH3 is 1. The molecule has 2 fully saturated rings. The van der Waals surface area contributed by atoms with E-state index in [1.807, 2.05) is 18.2 Å². The SMILES string of the molecule is COC1C[C@H](COc2ncccc2Cl)N(c2cc3c(cc2Cl)c(=O)c(C(=O)O)cn3-c2ccc(N3CC(N(C)C)C3)nc2)C1. The predicted molar refractivity (Wildman–Crippen MR) is 170 cm³/mol. The minimum Gasteiger partial charge on any atom is -0.477 e. The van der Waals surface area contributed by atoms with Crippen LogP contribution in [0.15, 0.2) is 59.8 Å². The molecule has 2 aliphatic rings. The molecule has 2 atom stereocenters. The van der Waals surface area contributed by atoms with E-state index in [1.54, 1.807) is 36.2 Å². The Kier molecular flexibility index (Phi) is 8.38. The first-order valence-corrected chi connectivity index (χ1v) is 14.9. The fourth-order valence-corrected chi connectivity index (χ4v) is 6.20. The number of anilines is 2. The summed E-state index contributed by atoms with van der Waals surface area (Å²) in [6, 6.07) is 10.9. The van der Waals surface area contributed by atoms with Crippen LogP contribution in [0, 0.1) is 0 Å². The molecule has 11 nitrogen and oxygen atoms in total. The molecule has 2 saturated heterocycles. The molecule has 0 spiro atoms. The molecule has 4 aromatic rings. The van der Waals surface area contributed by atoms with Crippen LogP contribution in [0.4, 0.5) is 11.5 Å². The van der Waals surface area contributed by atoms with E-state index in [1.165, 1.54) is 12.3 Å². The topological polar surface area (TPSA) is 113 Å². The van der Waals surface area contributed by atoms with Gasteiger partial charge in [0.15, 0.2) is 0 Å². The summed E-state index contributed by atoms with van der Waals surface area (Å²) in [5.74, 6) is -0.155. The Morgan fingerprint density at radius 3 is 2.57 bits per heavy atom. The van der Waals surface area contributed by atoms with Crippen LogP contribution < -0.4 is 20.0 Å². The largest absolute Gasteiger partial charge is 0.477 e. The van der Waals surface area contributed by atoms with E-state index in [9.17, 15) is 14.7 Å². The summed E-state index contributed by atoms with van der Waals surface area (Å²) in [6.45, 7) is 2.55. The lowest BCUT2D eigenvalue weighted by Gasteiger charge is -2.43. The lowest BCUT2D eigenvalue weighted by atomic mass is 10.1.